The Labute approximate surface area is 192 Å². The second-order valence-corrected chi connectivity index (χ2v) is 8.74. The van der Waals surface area contributed by atoms with Gasteiger partial charge in [0.05, 0.1) is 25.2 Å². The SMILES string of the molecule is COc1cc(NS(=O)(=O)c2ccc(NC(=O)c3cccc(OC(C)C)c3)cc2)nc(OC)n1. The molecule has 0 saturated carbocycles. The molecule has 0 radical (unpaired) electrons. The summed E-state index contributed by atoms with van der Waals surface area (Å²) in [5, 5.41) is 2.73. The zero-order valence-electron chi connectivity index (χ0n) is 18.5. The maximum absolute atomic E-state index is 12.7. The molecule has 3 rings (SSSR count). The summed E-state index contributed by atoms with van der Waals surface area (Å²) in [6, 6.07) is 13.8. The van der Waals surface area contributed by atoms with E-state index in [9.17, 15) is 13.2 Å². The molecule has 0 bridgehead atoms. The van der Waals surface area contributed by atoms with Gasteiger partial charge in [0.25, 0.3) is 15.9 Å². The molecule has 0 fully saturated rings. The average molecular weight is 473 g/mol. The predicted octanol–water partition coefficient (Wildman–Crippen LogP) is 3.33. The van der Waals surface area contributed by atoms with E-state index >= 15 is 0 Å². The van der Waals surface area contributed by atoms with Gasteiger partial charge in [0.15, 0.2) is 5.82 Å². The topological polar surface area (TPSA) is 129 Å². The first kappa shape index (κ1) is 23.8. The second-order valence-electron chi connectivity index (χ2n) is 7.06. The number of benzene rings is 2. The van der Waals surface area contributed by atoms with Crippen molar-refractivity contribution >= 4 is 27.4 Å². The van der Waals surface area contributed by atoms with Crippen molar-refractivity contribution in [1.82, 2.24) is 9.97 Å². The van der Waals surface area contributed by atoms with Gasteiger partial charge in [-0.2, -0.15) is 9.97 Å². The van der Waals surface area contributed by atoms with Gasteiger partial charge >= 0.3 is 6.01 Å². The number of methoxy groups -OCH3 is 2. The molecule has 174 valence electrons. The number of carbonyl (C=O) groups is 1. The predicted molar refractivity (Wildman–Crippen MR) is 123 cm³/mol. The van der Waals surface area contributed by atoms with Gasteiger partial charge in [0.2, 0.25) is 5.88 Å². The van der Waals surface area contributed by atoms with E-state index in [0.29, 0.717) is 17.0 Å². The number of aromatic nitrogens is 2. The monoisotopic (exact) mass is 472 g/mol. The molecule has 33 heavy (non-hydrogen) atoms. The van der Waals surface area contributed by atoms with Crippen molar-refractivity contribution in [3.63, 3.8) is 0 Å². The van der Waals surface area contributed by atoms with E-state index in [4.69, 9.17) is 14.2 Å². The summed E-state index contributed by atoms with van der Waals surface area (Å²) in [5.74, 6) is 0.362. The fraction of sp³-hybridized carbons (Fsp3) is 0.227. The molecular formula is C22H24N4O6S. The normalized spacial score (nSPS) is 11.1. The smallest absolute Gasteiger partial charge is 0.321 e. The summed E-state index contributed by atoms with van der Waals surface area (Å²) in [6.45, 7) is 3.80. The molecule has 0 aliphatic carbocycles. The van der Waals surface area contributed by atoms with Gasteiger partial charge < -0.3 is 19.5 Å². The van der Waals surface area contributed by atoms with Crippen LogP contribution in [0.1, 0.15) is 24.2 Å². The highest BCUT2D eigenvalue weighted by atomic mass is 32.2. The van der Waals surface area contributed by atoms with Gasteiger partial charge in [-0.05, 0) is 56.3 Å². The number of nitrogens with zero attached hydrogens (tertiary/aromatic N) is 2. The molecule has 0 atom stereocenters. The van der Waals surface area contributed by atoms with Gasteiger partial charge in [-0.3, -0.25) is 9.52 Å². The van der Waals surface area contributed by atoms with Crippen LogP contribution >= 0.6 is 0 Å². The summed E-state index contributed by atoms with van der Waals surface area (Å²) in [4.78, 5) is 20.4. The molecule has 0 spiro atoms. The average Bonchev–Trinajstić information content (AvgIpc) is 2.78. The molecule has 1 aromatic heterocycles. The molecule has 0 unspecified atom stereocenters. The van der Waals surface area contributed by atoms with E-state index in [-0.39, 0.29) is 34.6 Å². The van der Waals surface area contributed by atoms with Crippen molar-refractivity contribution in [2.75, 3.05) is 24.3 Å². The number of rotatable bonds is 9. The fourth-order valence-electron chi connectivity index (χ4n) is 2.75. The first-order valence-corrected chi connectivity index (χ1v) is 11.4. The summed E-state index contributed by atoms with van der Waals surface area (Å²) in [6.07, 6.45) is -0.0177. The Balaban J connectivity index is 1.72. The Kier molecular flexibility index (Phi) is 7.34. The van der Waals surface area contributed by atoms with Crippen LogP contribution in [-0.4, -0.2) is 44.6 Å². The van der Waals surface area contributed by atoms with Crippen LogP contribution < -0.4 is 24.2 Å². The van der Waals surface area contributed by atoms with Crippen LogP contribution in [0.2, 0.25) is 0 Å². The molecule has 2 N–H and O–H groups in total. The minimum absolute atomic E-state index is 0.0143. The van der Waals surface area contributed by atoms with Gasteiger partial charge in [-0.1, -0.05) is 6.07 Å². The minimum atomic E-state index is -3.96. The van der Waals surface area contributed by atoms with Gasteiger partial charge in [0, 0.05) is 17.3 Å². The molecule has 0 aliphatic rings. The third-order valence-corrected chi connectivity index (χ3v) is 5.57. The van der Waals surface area contributed by atoms with Gasteiger partial charge in [-0.15, -0.1) is 0 Å². The largest absolute Gasteiger partial charge is 0.491 e. The number of sulfonamides is 1. The van der Waals surface area contributed by atoms with Crippen molar-refractivity contribution < 1.29 is 27.4 Å². The summed E-state index contributed by atoms with van der Waals surface area (Å²) in [7, 11) is -1.21. The Morgan fingerprint density at radius 3 is 2.33 bits per heavy atom. The highest BCUT2D eigenvalue weighted by molar-refractivity contribution is 7.92. The lowest BCUT2D eigenvalue weighted by Crippen LogP contribution is -2.15. The Bertz CT molecular complexity index is 1210. The summed E-state index contributed by atoms with van der Waals surface area (Å²) < 4.78 is 43.4. The van der Waals surface area contributed by atoms with E-state index in [1.54, 1.807) is 24.3 Å². The first-order valence-electron chi connectivity index (χ1n) is 9.88. The second kappa shape index (κ2) is 10.2. The maximum atomic E-state index is 12.7. The molecule has 1 heterocycles. The minimum Gasteiger partial charge on any atom is -0.491 e. The lowest BCUT2D eigenvalue weighted by atomic mass is 10.2. The van der Waals surface area contributed by atoms with Crippen molar-refractivity contribution in [1.29, 1.82) is 0 Å². The van der Waals surface area contributed by atoms with E-state index in [1.807, 2.05) is 13.8 Å². The van der Waals surface area contributed by atoms with Gasteiger partial charge in [0.1, 0.15) is 5.75 Å². The zero-order chi connectivity index (χ0) is 24.0. The summed E-state index contributed by atoms with van der Waals surface area (Å²) >= 11 is 0. The molecule has 0 aliphatic heterocycles. The number of hydrogen-bond donors (Lipinski definition) is 2. The maximum Gasteiger partial charge on any atom is 0.321 e. The van der Waals surface area contributed by atoms with Crippen molar-refractivity contribution in [2.24, 2.45) is 0 Å². The van der Waals surface area contributed by atoms with Crippen LogP contribution in [0.15, 0.2) is 59.5 Å². The molecule has 3 aromatic rings. The lowest BCUT2D eigenvalue weighted by molar-refractivity contribution is 0.102. The number of amides is 1. The highest BCUT2D eigenvalue weighted by Gasteiger charge is 2.17. The molecule has 10 nitrogen and oxygen atoms in total. The lowest BCUT2D eigenvalue weighted by Gasteiger charge is -2.12. The van der Waals surface area contributed by atoms with Crippen molar-refractivity contribution in [3.8, 4) is 17.6 Å². The van der Waals surface area contributed by atoms with E-state index in [2.05, 4.69) is 20.0 Å². The molecule has 0 saturated heterocycles. The Morgan fingerprint density at radius 1 is 0.970 bits per heavy atom. The van der Waals surface area contributed by atoms with Gasteiger partial charge in [-0.25, -0.2) is 8.42 Å². The van der Waals surface area contributed by atoms with Crippen LogP contribution in [-0.2, 0) is 10.0 Å². The fourth-order valence-corrected chi connectivity index (χ4v) is 3.74. The van der Waals surface area contributed by atoms with Crippen LogP contribution in [0.25, 0.3) is 0 Å². The Morgan fingerprint density at radius 2 is 1.70 bits per heavy atom. The number of ether oxygens (including phenoxy) is 3. The quantitative estimate of drug-likeness (QED) is 0.485. The van der Waals surface area contributed by atoms with E-state index in [0.717, 1.165) is 0 Å². The molecular weight excluding hydrogens is 448 g/mol. The molecule has 2 aromatic carbocycles. The summed E-state index contributed by atoms with van der Waals surface area (Å²) in [5.41, 5.74) is 0.845. The number of carbonyl (C=O) groups excluding carboxylic acids is 1. The van der Waals surface area contributed by atoms with Crippen LogP contribution in [0.4, 0.5) is 11.5 Å². The molecule has 11 heteroatoms. The Hall–Kier alpha value is -3.86. The van der Waals surface area contributed by atoms with Crippen LogP contribution in [0.3, 0.4) is 0 Å². The number of nitrogens with one attached hydrogen (secondary N) is 2. The van der Waals surface area contributed by atoms with Crippen molar-refractivity contribution in [3.05, 3.63) is 60.2 Å². The first-order chi connectivity index (χ1) is 15.7. The van der Waals surface area contributed by atoms with Crippen molar-refractivity contribution in [2.45, 2.75) is 24.8 Å². The standard InChI is InChI=1S/C22H24N4O6S/c1-14(2)32-17-7-5-6-15(12-17)21(27)23-16-8-10-18(11-9-16)33(28,29)26-19-13-20(30-3)25-22(24-19)31-4/h5-14H,1-4H3,(H,23,27)(H,24,25,26). The van der Waals surface area contributed by atoms with Crippen LogP contribution in [0, 0.1) is 0 Å². The number of anilines is 2. The number of hydrogen-bond acceptors (Lipinski definition) is 8. The van der Waals surface area contributed by atoms with E-state index in [1.165, 1.54) is 44.6 Å². The third kappa shape index (κ3) is 6.32. The zero-order valence-corrected chi connectivity index (χ0v) is 19.3. The van der Waals surface area contributed by atoms with E-state index < -0.39 is 10.0 Å². The molecule has 1 amide bonds. The highest BCUT2D eigenvalue weighted by Crippen LogP contribution is 2.22. The third-order valence-electron chi connectivity index (χ3n) is 4.20. The van der Waals surface area contributed by atoms with Crippen LogP contribution in [0.5, 0.6) is 17.6 Å².